The molecule has 1 saturated heterocycles. The summed E-state index contributed by atoms with van der Waals surface area (Å²) in [6.45, 7) is 1.60. The number of hydrogen-bond acceptors (Lipinski definition) is 4. The Morgan fingerprint density at radius 1 is 1.21 bits per heavy atom. The maximum absolute atomic E-state index is 12.3. The van der Waals surface area contributed by atoms with E-state index >= 15 is 0 Å². The molecule has 2 N–H and O–H groups in total. The summed E-state index contributed by atoms with van der Waals surface area (Å²) >= 11 is 0. The second kappa shape index (κ2) is 8.13. The smallest absolute Gasteiger partial charge is 0.289 e. The number of piperidine rings is 1. The monoisotopic (exact) mass is 328 g/mol. The number of nitrogens with zero attached hydrogens (tertiary/aromatic N) is 1. The Hall–Kier alpha value is -2.11. The minimum Gasteiger partial charge on any atom is -0.459 e. The molecular weight excluding hydrogens is 304 g/mol. The van der Waals surface area contributed by atoms with Crippen LogP contribution in [0.25, 0.3) is 0 Å². The highest BCUT2D eigenvalue weighted by Gasteiger charge is 2.26. The van der Waals surface area contributed by atoms with Crippen LogP contribution in [0.3, 0.4) is 0 Å². The highest BCUT2D eigenvalue weighted by molar-refractivity contribution is 5.91. The first-order valence-electron chi connectivity index (χ1n) is 8.52. The summed E-state index contributed by atoms with van der Waals surface area (Å²) in [5, 5.41) is 13.0. The Bertz CT molecular complexity index is 619. The van der Waals surface area contributed by atoms with Gasteiger partial charge in [-0.2, -0.15) is 0 Å². The minimum absolute atomic E-state index is 0.0339. The molecule has 0 radical (unpaired) electrons. The molecule has 1 amide bonds. The fourth-order valence-corrected chi connectivity index (χ4v) is 3.25. The van der Waals surface area contributed by atoms with Crippen LogP contribution in [0.2, 0.25) is 0 Å². The van der Waals surface area contributed by atoms with E-state index in [1.54, 1.807) is 12.1 Å². The number of aliphatic hydroxyl groups excluding tert-OH is 1. The van der Waals surface area contributed by atoms with Gasteiger partial charge in [-0.05, 0) is 37.0 Å². The zero-order valence-corrected chi connectivity index (χ0v) is 13.7. The van der Waals surface area contributed by atoms with Crippen molar-refractivity contribution >= 4 is 5.91 Å². The maximum Gasteiger partial charge on any atom is 0.289 e. The van der Waals surface area contributed by atoms with Gasteiger partial charge >= 0.3 is 0 Å². The van der Waals surface area contributed by atoms with Crippen molar-refractivity contribution in [2.45, 2.75) is 31.3 Å². The average molecular weight is 328 g/mol. The number of likely N-dealkylation sites (tertiary alicyclic amines) is 1. The minimum atomic E-state index is -0.0339. The van der Waals surface area contributed by atoms with Crippen LogP contribution < -0.4 is 5.32 Å². The van der Waals surface area contributed by atoms with Crippen LogP contribution >= 0.6 is 0 Å². The molecule has 24 heavy (non-hydrogen) atoms. The van der Waals surface area contributed by atoms with Crippen molar-refractivity contribution in [3.05, 3.63) is 60.1 Å². The number of carbonyl (C=O) groups excluding carboxylic acids is 1. The molecule has 1 aliphatic heterocycles. The van der Waals surface area contributed by atoms with E-state index in [9.17, 15) is 9.90 Å². The molecule has 1 fully saturated rings. The van der Waals surface area contributed by atoms with E-state index in [1.165, 1.54) is 11.8 Å². The Kier molecular flexibility index (Phi) is 5.67. The van der Waals surface area contributed by atoms with Gasteiger partial charge in [0.15, 0.2) is 5.76 Å². The highest BCUT2D eigenvalue weighted by Crippen LogP contribution is 2.21. The van der Waals surface area contributed by atoms with Gasteiger partial charge in [0, 0.05) is 31.8 Å². The van der Waals surface area contributed by atoms with Crippen LogP contribution in [0, 0.1) is 0 Å². The lowest BCUT2D eigenvalue weighted by Crippen LogP contribution is -2.45. The van der Waals surface area contributed by atoms with E-state index in [0.29, 0.717) is 18.2 Å². The Morgan fingerprint density at radius 2 is 1.96 bits per heavy atom. The van der Waals surface area contributed by atoms with Gasteiger partial charge < -0.3 is 19.7 Å². The molecule has 1 aromatic heterocycles. The predicted molar refractivity (Wildman–Crippen MR) is 91.7 cm³/mol. The Balaban J connectivity index is 1.55. The van der Waals surface area contributed by atoms with Gasteiger partial charge in [0.1, 0.15) is 0 Å². The molecule has 1 aliphatic rings. The molecule has 2 aromatic rings. The van der Waals surface area contributed by atoms with Crippen LogP contribution in [0.4, 0.5) is 0 Å². The molecule has 3 rings (SSSR count). The molecule has 0 unspecified atom stereocenters. The highest BCUT2D eigenvalue weighted by atomic mass is 16.3. The topological polar surface area (TPSA) is 65.7 Å². The summed E-state index contributed by atoms with van der Waals surface area (Å²) in [6, 6.07) is 14.2. The lowest BCUT2D eigenvalue weighted by molar-refractivity contribution is 0.0668. The Morgan fingerprint density at radius 3 is 2.58 bits per heavy atom. The second-order valence-electron chi connectivity index (χ2n) is 6.19. The van der Waals surface area contributed by atoms with Gasteiger partial charge in [-0.3, -0.25) is 4.79 Å². The summed E-state index contributed by atoms with van der Waals surface area (Å²) < 4.78 is 5.20. The SMILES string of the molecule is O=C(c1ccco1)N1CCC(N[C@H](CCO)c2ccccc2)CC1. The number of aliphatic hydroxyl groups is 1. The van der Waals surface area contributed by atoms with Crippen molar-refractivity contribution in [2.24, 2.45) is 0 Å². The fraction of sp³-hybridized carbons (Fsp3) is 0.421. The summed E-state index contributed by atoms with van der Waals surface area (Å²) in [5.41, 5.74) is 1.20. The zero-order chi connectivity index (χ0) is 16.8. The van der Waals surface area contributed by atoms with E-state index < -0.39 is 0 Å². The van der Waals surface area contributed by atoms with Crippen molar-refractivity contribution < 1.29 is 14.3 Å². The average Bonchev–Trinajstić information content (AvgIpc) is 3.17. The molecule has 128 valence electrons. The third-order valence-electron chi connectivity index (χ3n) is 4.57. The first-order valence-corrected chi connectivity index (χ1v) is 8.52. The van der Waals surface area contributed by atoms with Crippen molar-refractivity contribution in [1.29, 1.82) is 0 Å². The van der Waals surface area contributed by atoms with Crippen molar-refractivity contribution in [2.75, 3.05) is 19.7 Å². The number of benzene rings is 1. The first-order chi connectivity index (χ1) is 11.8. The third kappa shape index (κ3) is 4.04. The van der Waals surface area contributed by atoms with Gasteiger partial charge in [0.25, 0.3) is 5.91 Å². The maximum atomic E-state index is 12.3. The largest absolute Gasteiger partial charge is 0.459 e. The van der Waals surface area contributed by atoms with Crippen molar-refractivity contribution in [3.8, 4) is 0 Å². The number of carbonyl (C=O) groups is 1. The van der Waals surface area contributed by atoms with Gasteiger partial charge in [-0.25, -0.2) is 0 Å². The van der Waals surface area contributed by atoms with Crippen molar-refractivity contribution in [1.82, 2.24) is 10.2 Å². The lowest BCUT2D eigenvalue weighted by atomic mass is 9.99. The van der Waals surface area contributed by atoms with Crippen LogP contribution in [0.15, 0.2) is 53.1 Å². The number of hydrogen-bond donors (Lipinski definition) is 2. The predicted octanol–water partition coefficient (Wildman–Crippen LogP) is 2.60. The molecule has 5 nitrogen and oxygen atoms in total. The molecular formula is C19H24N2O3. The molecule has 1 atom stereocenters. The van der Waals surface area contributed by atoms with Gasteiger partial charge in [-0.15, -0.1) is 0 Å². The normalized spacial score (nSPS) is 17.0. The summed E-state index contributed by atoms with van der Waals surface area (Å²) in [5.74, 6) is 0.372. The summed E-state index contributed by atoms with van der Waals surface area (Å²) in [7, 11) is 0. The van der Waals surface area contributed by atoms with Crippen LogP contribution in [-0.2, 0) is 0 Å². The van der Waals surface area contributed by atoms with Gasteiger partial charge in [0.2, 0.25) is 0 Å². The molecule has 0 saturated carbocycles. The van der Waals surface area contributed by atoms with Crippen LogP contribution in [0.5, 0.6) is 0 Å². The standard InChI is InChI=1S/C19H24N2O3/c22-13-10-17(15-5-2-1-3-6-15)20-16-8-11-21(12-9-16)19(23)18-7-4-14-24-18/h1-7,14,16-17,20,22H,8-13H2/t17-/m1/s1. The lowest BCUT2D eigenvalue weighted by Gasteiger charge is -2.34. The first kappa shape index (κ1) is 16.7. The number of rotatable bonds is 6. The number of furan rings is 1. The van der Waals surface area contributed by atoms with E-state index in [-0.39, 0.29) is 18.6 Å². The second-order valence-corrected chi connectivity index (χ2v) is 6.19. The number of amides is 1. The molecule has 0 aliphatic carbocycles. The molecule has 5 heteroatoms. The molecule has 2 heterocycles. The van der Waals surface area contributed by atoms with Gasteiger partial charge in [-0.1, -0.05) is 30.3 Å². The van der Waals surface area contributed by atoms with Crippen molar-refractivity contribution in [3.63, 3.8) is 0 Å². The summed E-state index contributed by atoms with van der Waals surface area (Å²) in [6.07, 6.45) is 4.03. The van der Waals surface area contributed by atoms with Gasteiger partial charge in [0.05, 0.1) is 6.26 Å². The van der Waals surface area contributed by atoms with Crippen LogP contribution in [0.1, 0.15) is 41.4 Å². The molecule has 0 bridgehead atoms. The third-order valence-corrected chi connectivity index (χ3v) is 4.57. The van der Waals surface area contributed by atoms with E-state index in [1.807, 2.05) is 23.1 Å². The molecule has 0 spiro atoms. The van der Waals surface area contributed by atoms with Crippen LogP contribution in [-0.4, -0.2) is 41.7 Å². The molecule has 1 aromatic carbocycles. The fourth-order valence-electron chi connectivity index (χ4n) is 3.25. The number of nitrogens with one attached hydrogen (secondary N) is 1. The van der Waals surface area contributed by atoms with E-state index in [2.05, 4.69) is 17.4 Å². The Labute approximate surface area is 142 Å². The van der Waals surface area contributed by atoms with E-state index in [0.717, 1.165) is 25.9 Å². The summed E-state index contributed by atoms with van der Waals surface area (Å²) in [4.78, 5) is 14.1. The zero-order valence-electron chi connectivity index (χ0n) is 13.7. The van der Waals surface area contributed by atoms with E-state index in [4.69, 9.17) is 4.42 Å². The quantitative estimate of drug-likeness (QED) is 0.855.